The molecular formula is C16H30N2O. The van der Waals surface area contributed by atoms with Crippen LogP contribution >= 0.6 is 0 Å². The van der Waals surface area contributed by atoms with Crippen LogP contribution in [-0.4, -0.2) is 36.5 Å². The summed E-state index contributed by atoms with van der Waals surface area (Å²) in [7, 11) is 0. The highest BCUT2D eigenvalue weighted by Crippen LogP contribution is 2.28. The Morgan fingerprint density at radius 3 is 2.63 bits per heavy atom. The molecule has 3 heteroatoms. The zero-order chi connectivity index (χ0) is 13.8. The summed E-state index contributed by atoms with van der Waals surface area (Å²) in [5.74, 6) is 2.33. The van der Waals surface area contributed by atoms with Crippen molar-refractivity contribution in [2.75, 3.05) is 19.6 Å². The summed E-state index contributed by atoms with van der Waals surface area (Å²) >= 11 is 0. The largest absolute Gasteiger partial charge is 0.340 e. The molecular weight excluding hydrogens is 236 g/mol. The maximum absolute atomic E-state index is 12.5. The zero-order valence-corrected chi connectivity index (χ0v) is 12.8. The molecule has 0 aromatic carbocycles. The third-order valence-corrected chi connectivity index (χ3v) is 5.38. The van der Waals surface area contributed by atoms with Crippen molar-refractivity contribution in [3.63, 3.8) is 0 Å². The van der Waals surface area contributed by atoms with E-state index in [4.69, 9.17) is 0 Å². The van der Waals surface area contributed by atoms with Crippen LogP contribution in [0.3, 0.4) is 0 Å². The van der Waals surface area contributed by atoms with Crippen LogP contribution < -0.4 is 5.32 Å². The fraction of sp³-hybridized carbons (Fsp3) is 0.938. The Hall–Kier alpha value is -0.570. The lowest BCUT2D eigenvalue weighted by Gasteiger charge is -2.39. The molecule has 0 aliphatic carbocycles. The monoisotopic (exact) mass is 266 g/mol. The van der Waals surface area contributed by atoms with Crippen LogP contribution in [0.5, 0.6) is 0 Å². The van der Waals surface area contributed by atoms with Gasteiger partial charge in [-0.3, -0.25) is 4.79 Å². The summed E-state index contributed by atoms with van der Waals surface area (Å²) in [6.45, 7) is 9.99. The van der Waals surface area contributed by atoms with Crippen molar-refractivity contribution in [1.29, 1.82) is 0 Å². The number of carbonyl (C=O) groups excluding carboxylic acids is 1. The second-order valence-corrected chi connectivity index (χ2v) is 6.72. The molecule has 0 spiro atoms. The molecule has 0 aromatic heterocycles. The highest BCUT2D eigenvalue weighted by Gasteiger charge is 2.30. The van der Waals surface area contributed by atoms with Crippen LogP contribution in [-0.2, 0) is 4.79 Å². The quantitative estimate of drug-likeness (QED) is 0.852. The first kappa shape index (κ1) is 14.8. The number of likely N-dealkylation sites (tertiary alicyclic amines) is 1. The van der Waals surface area contributed by atoms with Gasteiger partial charge in [0.25, 0.3) is 0 Å². The first-order valence-corrected chi connectivity index (χ1v) is 8.09. The second kappa shape index (κ2) is 6.74. The first-order chi connectivity index (χ1) is 9.09. The van der Waals surface area contributed by atoms with Crippen LogP contribution in [0.4, 0.5) is 0 Å². The van der Waals surface area contributed by atoms with Crippen LogP contribution in [0.15, 0.2) is 0 Å². The molecule has 2 fully saturated rings. The summed E-state index contributed by atoms with van der Waals surface area (Å²) in [4.78, 5) is 14.7. The number of nitrogens with zero attached hydrogens (tertiary/aromatic N) is 1. The van der Waals surface area contributed by atoms with Gasteiger partial charge in [0, 0.05) is 19.0 Å². The average Bonchev–Trinajstić information content (AvgIpc) is 2.42. The Kier molecular flexibility index (Phi) is 5.26. The summed E-state index contributed by atoms with van der Waals surface area (Å²) in [6, 6.07) is 0.432. The average molecular weight is 266 g/mol. The minimum atomic E-state index is 0.394. The Balaban J connectivity index is 1.85. The van der Waals surface area contributed by atoms with E-state index in [9.17, 15) is 4.79 Å². The predicted molar refractivity (Wildman–Crippen MR) is 78.9 cm³/mol. The Labute approximate surface area is 118 Å². The number of nitrogens with one attached hydrogen (secondary N) is 1. The number of hydrogen-bond acceptors (Lipinski definition) is 2. The molecule has 0 saturated carbocycles. The number of amides is 1. The van der Waals surface area contributed by atoms with Crippen molar-refractivity contribution >= 4 is 5.91 Å². The molecule has 2 saturated heterocycles. The van der Waals surface area contributed by atoms with E-state index in [-0.39, 0.29) is 0 Å². The molecule has 3 nitrogen and oxygen atoms in total. The summed E-state index contributed by atoms with van der Waals surface area (Å²) in [5.41, 5.74) is 0. The molecule has 1 amide bonds. The minimum Gasteiger partial charge on any atom is -0.340 e. The van der Waals surface area contributed by atoms with E-state index in [2.05, 4.69) is 31.0 Å². The predicted octanol–water partition coefficient (Wildman–Crippen LogP) is 2.66. The van der Waals surface area contributed by atoms with E-state index < -0.39 is 0 Å². The van der Waals surface area contributed by atoms with E-state index in [0.29, 0.717) is 23.8 Å². The molecule has 0 bridgehead atoms. The zero-order valence-electron chi connectivity index (χ0n) is 12.8. The van der Waals surface area contributed by atoms with Crippen molar-refractivity contribution in [2.45, 2.75) is 58.9 Å². The lowest BCUT2D eigenvalue weighted by molar-refractivity contribution is -0.137. The lowest BCUT2D eigenvalue weighted by Crippen LogP contribution is -2.46. The van der Waals surface area contributed by atoms with Gasteiger partial charge in [-0.15, -0.1) is 0 Å². The normalized spacial score (nSPS) is 31.2. The topological polar surface area (TPSA) is 32.3 Å². The van der Waals surface area contributed by atoms with Gasteiger partial charge < -0.3 is 10.2 Å². The summed E-state index contributed by atoms with van der Waals surface area (Å²) in [6.07, 6.45) is 5.68. The van der Waals surface area contributed by atoms with Crippen LogP contribution in [0.25, 0.3) is 0 Å². The maximum atomic E-state index is 12.5. The highest BCUT2D eigenvalue weighted by molar-refractivity contribution is 5.76. The van der Waals surface area contributed by atoms with Gasteiger partial charge >= 0.3 is 0 Å². The SMILES string of the molecule is CC(CC(=O)N1CCCC(C)C1C)C1CCNCC1. The van der Waals surface area contributed by atoms with E-state index in [1.807, 2.05) is 0 Å². The number of hydrogen-bond donors (Lipinski definition) is 1. The maximum Gasteiger partial charge on any atom is 0.223 e. The van der Waals surface area contributed by atoms with Crippen LogP contribution in [0.2, 0.25) is 0 Å². The van der Waals surface area contributed by atoms with Crippen LogP contribution in [0, 0.1) is 17.8 Å². The fourth-order valence-corrected chi connectivity index (χ4v) is 3.66. The van der Waals surface area contributed by atoms with Gasteiger partial charge in [-0.2, -0.15) is 0 Å². The van der Waals surface area contributed by atoms with Gasteiger partial charge in [-0.25, -0.2) is 0 Å². The molecule has 2 rings (SSSR count). The highest BCUT2D eigenvalue weighted by atomic mass is 16.2. The van der Waals surface area contributed by atoms with Gasteiger partial charge in [-0.05, 0) is 63.5 Å². The summed E-state index contributed by atoms with van der Waals surface area (Å²) in [5, 5.41) is 3.40. The van der Waals surface area contributed by atoms with Crippen molar-refractivity contribution in [3.8, 4) is 0 Å². The Morgan fingerprint density at radius 2 is 1.95 bits per heavy atom. The van der Waals surface area contributed by atoms with E-state index in [0.717, 1.165) is 32.0 Å². The number of rotatable bonds is 3. The van der Waals surface area contributed by atoms with Crippen molar-refractivity contribution in [3.05, 3.63) is 0 Å². The Bertz CT molecular complexity index is 299. The van der Waals surface area contributed by atoms with Gasteiger partial charge in [-0.1, -0.05) is 13.8 Å². The van der Waals surface area contributed by atoms with Gasteiger partial charge in [0.2, 0.25) is 5.91 Å². The molecule has 2 aliphatic heterocycles. The molecule has 110 valence electrons. The lowest BCUT2D eigenvalue weighted by atomic mass is 9.83. The molecule has 3 unspecified atom stereocenters. The molecule has 0 radical (unpaired) electrons. The number of carbonyl (C=O) groups is 1. The van der Waals surface area contributed by atoms with E-state index in [1.165, 1.54) is 25.7 Å². The molecule has 3 atom stereocenters. The fourth-order valence-electron chi connectivity index (χ4n) is 3.66. The minimum absolute atomic E-state index is 0.394. The number of piperidine rings is 2. The second-order valence-electron chi connectivity index (χ2n) is 6.72. The smallest absolute Gasteiger partial charge is 0.223 e. The van der Waals surface area contributed by atoms with Gasteiger partial charge in [0.05, 0.1) is 0 Å². The third kappa shape index (κ3) is 3.71. The van der Waals surface area contributed by atoms with E-state index in [1.54, 1.807) is 0 Å². The molecule has 0 aromatic rings. The van der Waals surface area contributed by atoms with E-state index >= 15 is 0 Å². The molecule has 2 heterocycles. The van der Waals surface area contributed by atoms with Crippen molar-refractivity contribution < 1.29 is 4.79 Å². The van der Waals surface area contributed by atoms with Crippen molar-refractivity contribution in [1.82, 2.24) is 10.2 Å². The molecule has 2 aliphatic rings. The first-order valence-electron chi connectivity index (χ1n) is 8.09. The van der Waals surface area contributed by atoms with Crippen LogP contribution in [0.1, 0.15) is 52.9 Å². The van der Waals surface area contributed by atoms with Gasteiger partial charge in [0.1, 0.15) is 0 Å². The standard InChI is InChI=1S/C16H30N2O/c1-12-5-4-10-18(14(12)3)16(19)11-13(2)15-6-8-17-9-7-15/h12-15,17H,4-11H2,1-3H3. The third-order valence-electron chi connectivity index (χ3n) is 5.38. The van der Waals surface area contributed by atoms with Gasteiger partial charge in [0.15, 0.2) is 0 Å². The molecule has 19 heavy (non-hydrogen) atoms. The molecule has 1 N–H and O–H groups in total. The van der Waals surface area contributed by atoms with Crippen molar-refractivity contribution in [2.24, 2.45) is 17.8 Å². The Morgan fingerprint density at radius 1 is 1.26 bits per heavy atom. The summed E-state index contributed by atoms with van der Waals surface area (Å²) < 4.78 is 0.